The summed E-state index contributed by atoms with van der Waals surface area (Å²) < 4.78 is 24.9. The van der Waals surface area contributed by atoms with Crippen molar-refractivity contribution in [3.05, 3.63) is 30.1 Å². The standard InChI is InChI=1S/C16H19N3O5S2/c1-26(23,24)9-13-17-11-4-2-3-5-12(11)19(13)8-14(20)18-16(15(21)22)6-7-25-10-16/h2-5H,6-10H2,1H3,(H,18,20)(H,21,22). The van der Waals surface area contributed by atoms with Gasteiger partial charge in [-0.1, -0.05) is 12.1 Å². The molecule has 1 unspecified atom stereocenters. The summed E-state index contributed by atoms with van der Waals surface area (Å²) in [5.41, 5.74) is -0.0513. The van der Waals surface area contributed by atoms with Crippen molar-refractivity contribution in [2.75, 3.05) is 17.8 Å². The average molecular weight is 397 g/mol. The molecule has 1 aromatic carbocycles. The van der Waals surface area contributed by atoms with Gasteiger partial charge in [-0.2, -0.15) is 11.8 Å². The first kappa shape index (κ1) is 18.7. The van der Waals surface area contributed by atoms with Gasteiger partial charge >= 0.3 is 5.97 Å². The number of aromatic nitrogens is 2. The Morgan fingerprint density at radius 2 is 2.12 bits per heavy atom. The largest absolute Gasteiger partial charge is 0.479 e. The highest BCUT2D eigenvalue weighted by Crippen LogP contribution is 2.28. The zero-order valence-electron chi connectivity index (χ0n) is 14.1. The highest BCUT2D eigenvalue weighted by Gasteiger charge is 2.43. The van der Waals surface area contributed by atoms with Crippen LogP contribution in [0.3, 0.4) is 0 Å². The van der Waals surface area contributed by atoms with Gasteiger partial charge in [0.1, 0.15) is 23.7 Å². The van der Waals surface area contributed by atoms with Crippen LogP contribution in [0.4, 0.5) is 0 Å². The number of carboxylic acids is 1. The van der Waals surface area contributed by atoms with Crippen molar-refractivity contribution < 1.29 is 23.1 Å². The van der Waals surface area contributed by atoms with E-state index in [9.17, 15) is 23.1 Å². The first-order valence-electron chi connectivity index (χ1n) is 7.94. The predicted molar refractivity (Wildman–Crippen MR) is 98.7 cm³/mol. The molecule has 2 N–H and O–H groups in total. The Labute approximate surface area is 154 Å². The monoisotopic (exact) mass is 397 g/mol. The Bertz CT molecular complexity index is 961. The van der Waals surface area contributed by atoms with Crippen LogP contribution in [0, 0.1) is 0 Å². The van der Waals surface area contributed by atoms with E-state index in [1.165, 1.54) is 16.3 Å². The molecule has 0 bridgehead atoms. The van der Waals surface area contributed by atoms with Crippen molar-refractivity contribution in [3.8, 4) is 0 Å². The Hall–Kier alpha value is -2.07. The molecule has 2 heterocycles. The third kappa shape index (κ3) is 3.85. The molecule has 1 aliphatic heterocycles. The molecule has 1 atom stereocenters. The van der Waals surface area contributed by atoms with Crippen LogP contribution < -0.4 is 5.32 Å². The number of rotatable bonds is 6. The maximum Gasteiger partial charge on any atom is 0.330 e. The van der Waals surface area contributed by atoms with Crippen molar-refractivity contribution in [1.29, 1.82) is 0 Å². The predicted octanol–water partition coefficient (Wildman–Crippen LogP) is 0.657. The minimum absolute atomic E-state index is 0.189. The number of amides is 1. The molecule has 140 valence electrons. The first-order valence-corrected chi connectivity index (χ1v) is 11.2. The highest BCUT2D eigenvalue weighted by atomic mass is 32.2. The lowest BCUT2D eigenvalue weighted by Crippen LogP contribution is -2.55. The Morgan fingerprint density at radius 3 is 2.73 bits per heavy atom. The minimum atomic E-state index is -3.34. The fourth-order valence-corrected chi connectivity index (χ4v) is 5.00. The van der Waals surface area contributed by atoms with E-state index in [0.717, 1.165) is 6.26 Å². The van der Waals surface area contributed by atoms with Crippen molar-refractivity contribution in [2.45, 2.75) is 24.3 Å². The number of fused-ring (bicyclic) bond motifs is 1. The number of carbonyl (C=O) groups excluding carboxylic acids is 1. The van der Waals surface area contributed by atoms with E-state index in [-0.39, 0.29) is 18.1 Å². The summed E-state index contributed by atoms with van der Waals surface area (Å²) in [6, 6.07) is 7.04. The summed E-state index contributed by atoms with van der Waals surface area (Å²) in [5, 5.41) is 12.1. The quantitative estimate of drug-likeness (QED) is 0.735. The molecule has 0 aliphatic carbocycles. The molecule has 1 amide bonds. The third-order valence-electron chi connectivity index (χ3n) is 4.24. The Morgan fingerprint density at radius 1 is 1.38 bits per heavy atom. The summed E-state index contributed by atoms with van der Waals surface area (Å²) in [6.07, 6.45) is 1.46. The number of hydrogen-bond acceptors (Lipinski definition) is 6. The van der Waals surface area contributed by atoms with Crippen LogP contribution >= 0.6 is 11.8 Å². The zero-order chi connectivity index (χ0) is 18.9. The summed E-state index contributed by atoms with van der Waals surface area (Å²) in [6.45, 7) is -0.189. The Balaban J connectivity index is 1.91. The average Bonchev–Trinajstić information content (AvgIpc) is 3.13. The molecule has 1 aliphatic rings. The normalized spacial score (nSPS) is 20.3. The second-order valence-electron chi connectivity index (χ2n) is 6.41. The van der Waals surface area contributed by atoms with Crippen LogP contribution in [0.5, 0.6) is 0 Å². The Kier molecular flexibility index (Phi) is 4.98. The van der Waals surface area contributed by atoms with Gasteiger partial charge in [0.05, 0.1) is 11.0 Å². The van der Waals surface area contributed by atoms with Crippen LogP contribution in [0.1, 0.15) is 12.2 Å². The van der Waals surface area contributed by atoms with Gasteiger partial charge in [-0.05, 0) is 24.3 Å². The SMILES string of the molecule is CS(=O)(=O)Cc1nc2ccccc2n1CC(=O)NC1(C(=O)O)CCSC1. The first-order chi connectivity index (χ1) is 12.2. The van der Waals surface area contributed by atoms with Crippen LogP contribution in [-0.2, 0) is 31.7 Å². The molecular formula is C16H19N3O5S2. The van der Waals surface area contributed by atoms with Gasteiger partial charge in [0.2, 0.25) is 5.91 Å². The number of benzene rings is 1. The van der Waals surface area contributed by atoms with E-state index in [1.54, 1.807) is 24.3 Å². The number of aliphatic carboxylic acids is 1. The topological polar surface area (TPSA) is 118 Å². The molecule has 1 saturated heterocycles. The van der Waals surface area contributed by atoms with Crippen molar-refractivity contribution in [2.24, 2.45) is 0 Å². The fraction of sp³-hybridized carbons (Fsp3) is 0.438. The second kappa shape index (κ2) is 6.92. The lowest BCUT2D eigenvalue weighted by Gasteiger charge is -2.25. The van der Waals surface area contributed by atoms with Gasteiger partial charge in [0, 0.05) is 12.0 Å². The van der Waals surface area contributed by atoms with Crippen molar-refractivity contribution >= 4 is 44.5 Å². The fourth-order valence-electron chi connectivity index (χ4n) is 2.98. The number of sulfone groups is 1. The zero-order valence-corrected chi connectivity index (χ0v) is 15.8. The number of nitrogens with zero attached hydrogens (tertiary/aromatic N) is 2. The smallest absolute Gasteiger partial charge is 0.330 e. The molecule has 8 nitrogen and oxygen atoms in total. The van der Waals surface area contributed by atoms with E-state index in [4.69, 9.17) is 0 Å². The van der Waals surface area contributed by atoms with E-state index in [1.807, 2.05) is 0 Å². The lowest BCUT2D eigenvalue weighted by molar-refractivity contribution is -0.146. The molecule has 26 heavy (non-hydrogen) atoms. The number of thioether (sulfide) groups is 1. The van der Waals surface area contributed by atoms with Gasteiger partial charge in [0.25, 0.3) is 0 Å². The molecule has 0 radical (unpaired) electrons. The third-order valence-corrected chi connectivity index (χ3v) is 6.21. The van der Waals surface area contributed by atoms with Crippen LogP contribution in [-0.4, -0.2) is 58.3 Å². The molecule has 3 rings (SSSR count). The minimum Gasteiger partial charge on any atom is -0.479 e. The molecular weight excluding hydrogens is 378 g/mol. The number of carboxylic acid groups (broad SMARTS) is 1. The van der Waals surface area contributed by atoms with Crippen LogP contribution in [0.2, 0.25) is 0 Å². The lowest BCUT2D eigenvalue weighted by atomic mass is 9.99. The van der Waals surface area contributed by atoms with Crippen LogP contribution in [0.15, 0.2) is 24.3 Å². The van der Waals surface area contributed by atoms with E-state index < -0.39 is 27.3 Å². The molecule has 1 aromatic heterocycles. The molecule has 1 fully saturated rings. The van der Waals surface area contributed by atoms with Crippen LogP contribution in [0.25, 0.3) is 11.0 Å². The number of para-hydroxylation sites is 2. The van der Waals surface area contributed by atoms with Gasteiger partial charge < -0.3 is 15.0 Å². The number of carbonyl (C=O) groups is 2. The second-order valence-corrected chi connectivity index (χ2v) is 9.66. The van der Waals surface area contributed by atoms with Crippen molar-refractivity contribution in [1.82, 2.24) is 14.9 Å². The van der Waals surface area contributed by atoms with E-state index in [0.29, 0.717) is 29.0 Å². The molecule has 10 heteroatoms. The van der Waals surface area contributed by atoms with E-state index in [2.05, 4.69) is 10.3 Å². The maximum atomic E-state index is 12.6. The summed E-state index contributed by atoms with van der Waals surface area (Å²) in [4.78, 5) is 28.5. The van der Waals surface area contributed by atoms with Gasteiger partial charge in [-0.25, -0.2) is 18.2 Å². The van der Waals surface area contributed by atoms with Crippen molar-refractivity contribution in [3.63, 3.8) is 0 Å². The molecule has 0 spiro atoms. The summed E-state index contributed by atoms with van der Waals surface area (Å²) in [7, 11) is -3.34. The highest BCUT2D eigenvalue weighted by molar-refractivity contribution is 7.99. The van der Waals surface area contributed by atoms with Gasteiger partial charge in [-0.15, -0.1) is 0 Å². The number of nitrogens with one attached hydrogen (secondary N) is 1. The number of hydrogen-bond donors (Lipinski definition) is 2. The van der Waals surface area contributed by atoms with Gasteiger partial charge in [-0.3, -0.25) is 4.79 Å². The maximum absolute atomic E-state index is 12.6. The van der Waals surface area contributed by atoms with Gasteiger partial charge in [0.15, 0.2) is 9.84 Å². The molecule has 2 aromatic rings. The van der Waals surface area contributed by atoms with E-state index >= 15 is 0 Å². The summed E-state index contributed by atoms with van der Waals surface area (Å²) in [5.74, 6) is -0.589. The summed E-state index contributed by atoms with van der Waals surface area (Å²) >= 11 is 1.48. The molecule has 0 saturated carbocycles. The number of imidazole rings is 1.